The number of rotatable bonds is 4. The minimum Gasteiger partial charge on any atom is -0.396 e. The van der Waals surface area contributed by atoms with E-state index in [9.17, 15) is 14.3 Å². The van der Waals surface area contributed by atoms with Crippen molar-refractivity contribution in [2.45, 2.75) is 45.1 Å². The highest BCUT2D eigenvalue weighted by Crippen LogP contribution is 2.36. The first-order chi connectivity index (χ1) is 11.6. The maximum absolute atomic E-state index is 14.1. The van der Waals surface area contributed by atoms with Crippen molar-refractivity contribution in [1.29, 1.82) is 0 Å². The van der Waals surface area contributed by atoms with E-state index >= 15 is 0 Å². The number of likely N-dealkylation sites (tertiary alicyclic amines) is 1. The molecule has 1 aromatic carbocycles. The zero-order valence-corrected chi connectivity index (χ0v) is 14.4. The minimum atomic E-state index is -0.338. The number of aliphatic hydroxyl groups is 1. The van der Waals surface area contributed by atoms with Gasteiger partial charge < -0.3 is 10.0 Å². The summed E-state index contributed by atoms with van der Waals surface area (Å²) in [4.78, 5) is 16.8. The molecule has 0 aliphatic carbocycles. The highest BCUT2D eigenvalue weighted by atomic mass is 19.1. The normalized spacial score (nSPS) is 25.0. The van der Waals surface area contributed by atoms with Crippen molar-refractivity contribution in [1.82, 2.24) is 4.90 Å². The molecular weight excluding hydrogens is 307 g/mol. The van der Waals surface area contributed by atoms with E-state index in [4.69, 9.17) is 0 Å². The third kappa shape index (κ3) is 3.20. The first-order valence-electron chi connectivity index (χ1n) is 9.01. The van der Waals surface area contributed by atoms with Crippen molar-refractivity contribution in [3.8, 4) is 0 Å². The van der Waals surface area contributed by atoms with Gasteiger partial charge in [-0.15, -0.1) is 0 Å². The van der Waals surface area contributed by atoms with Crippen LogP contribution in [-0.2, 0) is 4.79 Å². The molecule has 1 unspecified atom stereocenters. The number of aliphatic hydroxyl groups excluding tert-OH is 1. The SMILES string of the molecule is CCC1(CO)CCN(C2CCCN(c3ccccc3F)C2=O)CC1. The second kappa shape index (κ2) is 7.19. The predicted molar refractivity (Wildman–Crippen MR) is 92.4 cm³/mol. The number of benzene rings is 1. The van der Waals surface area contributed by atoms with Crippen LogP contribution in [0.25, 0.3) is 0 Å². The molecule has 1 atom stereocenters. The third-order valence-electron chi connectivity index (χ3n) is 5.94. The van der Waals surface area contributed by atoms with Crippen LogP contribution in [-0.4, -0.2) is 48.2 Å². The van der Waals surface area contributed by atoms with Gasteiger partial charge in [0.2, 0.25) is 5.91 Å². The highest BCUT2D eigenvalue weighted by Gasteiger charge is 2.39. The molecule has 1 aromatic rings. The zero-order valence-electron chi connectivity index (χ0n) is 14.4. The Kier molecular flexibility index (Phi) is 5.21. The van der Waals surface area contributed by atoms with Gasteiger partial charge in [0.1, 0.15) is 5.82 Å². The number of hydrogen-bond donors (Lipinski definition) is 1. The van der Waals surface area contributed by atoms with Gasteiger partial charge in [-0.3, -0.25) is 9.69 Å². The number of halogens is 1. The molecule has 2 saturated heterocycles. The number of piperidine rings is 2. The Labute approximate surface area is 143 Å². The van der Waals surface area contributed by atoms with E-state index in [2.05, 4.69) is 11.8 Å². The summed E-state index contributed by atoms with van der Waals surface area (Å²) in [5.74, 6) is -0.324. The standard InChI is InChI=1S/C19H27FN2O2/c1-2-19(14-23)9-12-21(13-10-19)17-8-5-11-22(18(17)24)16-7-4-3-6-15(16)20/h3-4,6-7,17,23H,2,5,8-14H2,1H3. The molecule has 1 N–H and O–H groups in total. The summed E-state index contributed by atoms with van der Waals surface area (Å²) in [6.45, 7) is 4.58. The van der Waals surface area contributed by atoms with E-state index in [1.54, 1.807) is 23.1 Å². The summed E-state index contributed by atoms with van der Waals surface area (Å²) in [5, 5.41) is 9.68. The van der Waals surface area contributed by atoms with Crippen LogP contribution in [0.15, 0.2) is 24.3 Å². The Morgan fingerprint density at radius 3 is 2.58 bits per heavy atom. The lowest BCUT2D eigenvalue weighted by Crippen LogP contribution is -2.56. The summed E-state index contributed by atoms with van der Waals surface area (Å²) in [7, 11) is 0. The fourth-order valence-corrected chi connectivity index (χ4v) is 4.04. The van der Waals surface area contributed by atoms with Gasteiger partial charge in [-0.25, -0.2) is 4.39 Å². The van der Waals surface area contributed by atoms with E-state index in [-0.39, 0.29) is 29.8 Å². The lowest BCUT2D eigenvalue weighted by Gasteiger charge is -2.45. The van der Waals surface area contributed by atoms with E-state index in [0.717, 1.165) is 45.2 Å². The van der Waals surface area contributed by atoms with Crippen LogP contribution in [0.2, 0.25) is 0 Å². The molecule has 2 heterocycles. The molecule has 0 bridgehead atoms. The van der Waals surface area contributed by atoms with Crippen molar-refractivity contribution < 1.29 is 14.3 Å². The number of nitrogens with zero attached hydrogens (tertiary/aromatic N) is 2. The van der Waals surface area contributed by atoms with Gasteiger partial charge in [0.25, 0.3) is 0 Å². The molecule has 0 spiro atoms. The lowest BCUT2D eigenvalue weighted by atomic mass is 9.76. The molecule has 4 nitrogen and oxygen atoms in total. The fourth-order valence-electron chi connectivity index (χ4n) is 4.04. The molecule has 3 rings (SSSR count). The second-order valence-corrected chi connectivity index (χ2v) is 7.15. The minimum absolute atomic E-state index is 0.0133. The van der Waals surface area contributed by atoms with E-state index in [1.807, 2.05) is 0 Å². The highest BCUT2D eigenvalue weighted by molar-refractivity contribution is 5.98. The van der Waals surface area contributed by atoms with Crippen molar-refractivity contribution in [2.75, 3.05) is 31.1 Å². The number of anilines is 1. The summed E-state index contributed by atoms with van der Waals surface area (Å²) in [5.41, 5.74) is 0.405. The van der Waals surface area contributed by atoms with Gasteiger partial charge in [0.15, 0.2) is 0 Å². The largest absolute Gasteiger partial charge is 0.396 e. The van der Waals surface area contributed by atoms with Crippen molar-refractivity contribution in [3.63, 3.8) is 0 Å². The molecule has 1 amide bonds. The maximum atomic E-state index is 14.1. The van der Waals surface area contributed by atoms with Gasteiger partial charge in [-0.2, -0.15) is 0 Å². The Bertz CT molecular complexity index is 578. The van der Waals surface area contributed by atoms with Crippen LogP contribution >= 0.6 is 0 Å². The summed E-state index contributed by atoms with van der Waals surface area (Å²) in [6, 6.07) is 6.34. The molecular formula is C19H27FN2O2. The van der Waals surface area contributed by atoms with Crippen LogP contribution in [0.3, 0.4) is 0 Å². The molecule has 132 valence electrons. The molecule has 2 aliphatic rings. The summed E-state index contributed by atoms with van der Waals surface area (Å²) >= 11 is 0. The topological polar surface area (TPSA) is 43.8 Å². The van der Waals surface area contributed by atoms with E-state index in [0.29, 0.717) is 12.2 Å². The van der Waals surface area contributed by atoms with Crippen molar-refractivity contribution >= 4 is 11.6 Å². The molecule has 0 saturated carbocycles. The molecule has 2 fully saturated rings. The third-order valence-corrected chi connectivity index (χ3v) is 5.94. The van der Waals surface area contributed by atoms with Gasteiger partial charge >= 0.3 is 0 Å². The Balaban J connectivity index is 1.71. The van der Waals surface area contributed by atoms with Crippen LogP contribution < -0.4 is 4.90 Å². The average Bonchev–Trinajstić information content (AvgIpc) is 2.63. The molecule has 0 radical (unpaired) electrons. The van der Waals surface area contributed by atoms with Crippen molar-refractivity contribution in [3.05, 3.63) is 30.1 Å². The number of para-hydroxylation sites is 1. The van der Waals surface area contributed by atoms with Gasteiger partial charge in [0.05, 0.1) is 11.7 Å². The predicted octanol–water partition coefficient (Wildman–Crippen LogP) is 2.81. The lowest BCUT2D eigenvalue weighted by molar-refractivity contribution is -0.126. The van der Waals surface area contributed by atoms with Crippen LogP contribution in [0.4, 0.5) is 10.1 Å². The number of carbonyl (C=O) groups excluding carboxylic acids is 1. The molecule has 0 aromatic heterocycles. The van der Waals surface area contributed by atoms with Gasteiger partial charge in [0, 0.05) is 13.2 Å². The van der Waals surface area contributed by atoms with Crippen LogP contribution in [0, 0.1) is 11.2 Å². The monoisotopic (exact) mass is 334 g/mol. The number of amides is 1. The van der Waals surface area contributed by atoms with Gasteiger partial charge in [-0.1, -0.05) is 19.1 Å². The molecule has 24 heavy (non-hydrogen) atoms. The van der Waals surface area contributed by atoms with Crippen molar-refractivity contribution in [2.24, 2.45) is 5.41 Å². The van der Waals surface area contributed by atoms with Crippen LogP contribution in [0.1, 0.15) is 39.0 Å². The maximum Gasteiger partial charge on any atom is 0.244 e. The zero-order chi connectivity index (χ0) is 17.2. The Morgan fingerprint density at radius 1 is 1.25 bits per heavy atom. The van der Waals surface area contributed by atoms with Gasteiger partial charge in [-0.05, 0) is 62.7 Å². The molecule has 2 aliphatic heterocycles. The van der Waals surface area contributed by atoms with E-state index in [1.165, 1.54) is 6.07 Å². The first-order valence-corrected chi connectivity index (χ1v) is 9.01. The summed E-state index contributed by atoms with van der Waals surface area (Å²) < 4.78 is 14.1. The van der Waals surface area contributed by atoms with E-state index < -0.39 is 0 Å². The Hall–Kier alpha value is -1.46. The second-order valence-electron chi connectivity index (χ2n) is 7.15. The first kappa shape index (κ1) is 17.4. The Morgan fingerprint density at radius 2 is 1.96 bits per heavy atom. The average molecular weight is 334 g/mol. The molecule has 5 heteroatoms. The smallest absolute Gasteiger partial charge is 0.244 e. The number of hydrogen-bond acceptors (Lipinski definition) is 3. The van der Waals surface area contributed by atoms with Crippen LogP contribution in [0.5, 0.6) is 0 Å². The number of carbonyl (C=O) groups is 1. The summed E-state index contributed by atoms with van der Waals surface area (Å²) in [6.07, 6.45) is 4.53. The fraction of sp³-hybridized carbons (Fsp3) is 0.632. The quantitative estimate of drug-likeness (QED) is 0.921.